The first kappa shape index (κ1) is 17.9. The summed E-state index contributed by atoms with van der Waals surface area (Å²) in [4.78, 5) is 24.5. The molecule has 0 atom stereocenters. The molecule has 1 aliphatic carbocycles. The minimum absolute atomic E-state index is 0.0826. The number of ketones is 1. The highest BCUT2D eigenvalue weighted by Gasteiger charge is 2.24. The van der Waals surface area contributed by atoms with Crippen LogP contribution in [0.5, 0.6) is 5.75 Å². The highest BCUT2D eigenvalue weighted by molar-refractivity contribution is 9.10. The van der Waals surface area contributed by atoms with Crippen molar-refractivity contribution in [3.05, 3.63) is 33.3 Å². The number of Topliss-reactive ketones (excluding diaryl/α,β-unsaturated/α-hetero) is 1. The van der Waals surface area contributed by atoms with Crippen LogP contribution in [0.4, 0.5) is 0 Å². The van der Waals surface area contributed by atoms with Crippen LogP contribution in [-0.2, 0) is 16.0 Å². The minimum Gasteiger partial charge on any atom is -0.489 e. The maximum atomic E-state index is 11.9. The van der Waals surface area contributed by atoms with Crippen LogP contribution in [0.2, 0.25) is 0 Å². The maximum absolute atomic E-state index is 11.9. The number of carbonyl (C=O) groups is 2. The van der Waals surface area contributed by atoms with Crippen LogP contribution in [-0.4, -0.2) is 43.4 Å². The standard InChI is InChI=1S/C18H17BBrN2O3/c20-16-9-12-7-14(17(24)1-4-21)8-13(12)10-18(16)25-15-2-5-22(6-3-15)19-11-23/h8-11,15H,1-3,5-7H2. The van der Waals surface area contributed by atoms with Gasteiger partial charge in [-0.15, -0.1) is 0 Å². The Kier molecular flexibility index (Phi) is 5.72. The van der Waals surface area contributed by atoms with E-state index in [-0.39, 0.29) is 18.3 Å². The van der Waals surface area contributed by atoms with Crippen molar-refractivity contribution in [3.63, 3.8) is 0 Å². The van der Waals surface area contributed by atoms with E-state index in [1.54, 1.807) is 7.41 Å². The van der Waals surface area contributed by atoms with Gasteiger partial charge in [-0.25, -0.2) is 0 Å². The Labute approximate surface area is 156 Å². The second-order valence-corrected chi connectivity index (χ2v) is 7.08. The van der Waals surface area contributed by atoms with E-state index in [2.05, 4.69) is 15.9 Å². The van der Waals surface area contributed by atoms with Crippen molar-refractivity contribution in [2.45, 2.75) is 31.8 Å². The molecule has 5 nitrogen and oxygen atoms in total. The first-order chi connectivity index (χ1) is 12.1. The fourth-order valence-electron chi connectivity index (χ4n) is 3.20. The van der Waals surface area contributed by atoms with Crippen LogP contribution >= 0.6 is 15.9 Å². The summed E-state index contributed by atoms with van der Waals surface area (Å²) in [6.07, 6.45) is 4.97. The number of hydrogen-bond acceptors (Lipinski definition) is 5. The molecule has 0 aromatic heterocycles. The van der Waals surface area contributed by atoms with E-state index >= 15 is 0 Å². The molecular formula is C18H17BBrN2O3. The van der Waals surface area contributed by atoms with Gasteiger partial charge in [-0.3, -0.25) is 4.79 Å². The molecule has 1 aliphatic heterocycles. The third kappa shape index (κ3) is 4.20. The number of benzene rings is 1. The van der Waals surface area contributed by atoms with Gasteiger partial charge >= 0.3 is 0 Å². The van der Waals surface area contributed by atoms with Crippen molar-refractivity contribution >= 4 is 41.4 Å². The molecule has 0 spiro atoms. The average molecular weight is 400 g/mol. The van der Waals surface area contributed by atoms with Gasteiger partial charge in [0.25, 0.3) is 7.41 Å². The first-order valence-corrected chi connectivity index (χ1v) is 9.02. The number of nitrogens with zero attached hydrogens (tertiary/aromatic N) is 2. The molecule has 2 aliphatic rings. The van der Waals surface area contributed by atoms with E-state index in [1.807, 2.05) is 29.1 Å². The molecule has 0 saturated carbocycles. The Balaban J connectivity index is 1.68. The molecule has 0 amide bonds. The maximum Gasteiger partial charge on any atom is 0.293 e. The second-order valence-electron chi connectivity index (χ2n) is 6.22. The zero-order valence-electron chi connectivity index (χ0n) is 13.7. The van der Waals surface area contributed by atoms with Crippen molar-refractivity contribution < 1.29 is 14.3 Å². The number of nitriles is 1. The number of rotatable bonds is 6. The number of allylic oxidation sites excluding steroid dienone is 1. The van der Waals surface area contributed by atoms with E-state index in [1.165, 1.54) is 0 Å². The number of halogens is 1. The lowest BCUT2D eigenvalue weighted by Crippen LogP contribution is -2.40. The number of carbonyl (C=O) groups excluding carboxylic acids is 2. The summed E-state index contributed by atoms with van der Waals surface area (Å²) in [6.45, 7) is 1.61. The van der Waals surface area contributed by atoms with Gasteiger partial charge in [-0.2, -0.15) is 5.26 Å². The molecule has 1 radical (unpaired) electrons. The minimum atomic E-state index is -0.115. The molecule has 0 N–H and O–H groups in total. The van der Waals surface area contributed by atoms with Crippen molar-refractivity contribution in [1.29, 1.82) is 5.26 Å². The topological polar surface area (TPSA) is 70.4 Å². The van der Waals surface area contributed by atoms with Crippen molar-refractivity contribution in [3.8, 4) is 11.8 Å². The van der Waals surface area contributed by atoms with E-state index in [0.29, 0.717) is 12.0 Å². The van der Waals surface area contributed by atoms with Crippen LogP contribution in [0.3, 0.4) is 0 Å². The van der Waals surface area contributed by atoms with Crippen molar-refractivity contribution in [2.75, 3.05) is 13.1 Å². The van der Waals surface area contributed by atoms with Gasteiger partial charge in [0.05, 0.1) is 23.1 Å². The summed E-state index contributed by atoms with van der Waals surface area (Å²) in [7, 11) is 1.58. The average Bonchev–Trinajstić information content (AvgIpc) is 3.00. The van der Waals surface area contributed by atoms with Gasteiger partial charge in [0, 0.05) is 12.0 Å². The van der Waals surface area contributed by atoms with Gasteiger partial charge in [0.2, 0.25) is 0 Å². The molecule has 1 fully saturated rings. The Morgan fingerprint density at radius 3 is 2.88 bits per heavy atom. The second kappa shape index (κ2) is 7.98. The zero-order chi connectivity index (χ0) is 17.8. The first-order valence-electron chi connectivity index (χ1n) is 8.23. The van der Waals surface area contributed by atoms with Crippen LogP contribution in [0.15, 0.2) is 22.2 Å². The molecule has 1 heterocycles. The SMILES string of the molecule is N#CCC(=O)C1=Cc2cc(OC3CCN([B]C=O)CC3)c(Br)cc2C1. The number of ether oxygens (including phenoxy) is 1. The molecular weight excluding hydrogens is 383 g/mol. The van der Waals surface area contributed by atoms with E-state index in [0.717, 1.165) is 53.5 Å². The molecule has 1 aromatic rings. The summed E-state index contributed by atoms with van der Waals surface area (Å²) < 4.78 is 7.01. The highest BCUT2D eigenvalue weighted by atomic mass is 79.9. The normalized spacial score (nSPS) is 17.4. The molecule has 1 aromatic carbocycles. The molecule has 0 bridgehead atoms. The Morgan fingerprint density at radius 1 is 1.44 bits per heavy atom. The van der Waals surface area contributed by atoms with Gasteiger partial charge in [-0.1, -0.05) is 0 Å². The van der Waals surface area contributed by atoms with Gasteiger partial charge in [-0.05, 0) is 71.2 Å². The lowest BCUT2D eigenvalue weighted by molar-refractivity contribution is -0.114. The van der Waals surface area contributed by atoms with Crippen LogP contribution < -0.4 is 4.74 Å². The number of piperidine rings is 1. The van der Waals surface area contributed by atoms with E-state index in [4.69, 9.17) is 10.00 Å². The molecule has 127 valence electrons. The highest BCUT2D eigenvalue weighted by Crippen LogP contribution is 2.36. The Bertz CT molecular complexity index is 764. The fourth-order valence-corrected chi connectivity index (χ4v) is 3.69. The van der Waals surface area contributed by atoms with Gasteiger partial charge in [0.15, 0.2) is 5.78 Å². The summed E-state index contributed by atoms with van der Waals surface area (Å²) in [5, 5.41) is 8.69. The Morgan fingerprint density at radius 2 is 2.20 bits per heavy atom. The zero-order valence-corrected chi connectivity index (χ0v) is 15.3. The van der Waals surface area contributed by atoms with E-state index < -0.39 is 0 Å². The molecule has 1 saturated heterocycles. The predicted molar refractivity (Wildman–Crippen MR) is 98.8 cm³/mol. The summed E-state index contributed by atoms with van der Waals surface area (Å²) in [6, 6.07) is 5.85. The smallest absolute Gasteiger partial charge is 0.293 e. The quantitative estimate of drug-likeness (QED) is 0.543. The molecule has 0 unspecified atom stereocenters. The van der Waals surface area contributed by atoms with Crippen molar-refractivity contribution in [2.24, 2.45) is 0 Å². The van der Waals surface area contributed by atoms with Gasteiger partial charge < -0.3 is 14.3 Å². The van der Waals surface area contributed by atoms with Crippen LogP contribution in [0.25, 0.3) is 6.08 Å². The van der Waals surface area contributed by atoms with Gasteiger partial charge in [0.1, 0.15) is 11.9 Å². The summed E-state index contributed by atoms with van der Waals surface area (Å²) in [5.74, 6) is 0.651. The van der Waals surface area contributed by atoms with E-state index in [9.17, 15) is 9.59 Å². The lowest BCUT2D eigenvalue weighted by atomic mass is 9.90. The Hall–Kier alpha value is -1.91. The molecule has 3 rings (SSSR count). The third-order valence-corrected chi connectivity index (χ3v) is 5.16. The predicted octanol–water partition coefficient (Wildman–Crippen LogP) is 2.52. The summed E-state index contributed by atoms with van der Waals surface area (Å²) >= 11 is 3.55. The summed E-state index contributed by atoms with van der Waals surface area (Å²) in [5.41, 5.74) is 2.72. The monoisotopic (exact) mass is 399 g/mol. The van der Waals surface area contributed by atoms with Crippen LogP contribution in [0.1, 0.15) is 30.4 Å². The third-order valence-electron chi connectivity index (χ3n) is 4.54. The van der Waals surface area contributed by atoms with Crippen LogP contribution in [0, 0.1) is 11.3 Å². The van der Waals surface area contributed by atoms with Crippen molar-refractivity contribution in [1.82, 2.24) is 4.81 Å². The number of hydrogen-bond donors (Lipinski definition) is 0. The number of fused-ring (bicyclic) bond motifs is 1. The fraction of sp³-hybridized carbons (Fsp3) is 0.389. The lowest BCUT2D eigenvalue weighted by Gasteiger charge is -2.31. The molecule has 25 heavy (non-hydrogen) atoms. The molecule has 7 heteroatoms. The largest absolute Gasteiger partial charge is 0.489 e.